The van der Waals surface area contributed by atoms with E-state index in [0.29, 0.717) is 16.8 Å². The highest BCUT2D eigenvalue weighted by molar-refractivity contribution is 5.97. The van der Waals surface area contributed by atoms with Crippen LogP contribution in [-0.4, -0.2) is 45.5 Å². The van der Waals surface area contributed by atoms with Crippen molar-refractivity contribution in [3.63, 3.8) is 0 Å². The molecule has 0 saturated carbocycles. The number of esters is 1. The minimum atomic E-state index is -0.571. The highest BCUT2D eigenvalue weighted by atomic mass is 16.5. The van der Waals surface area contributed by atoms with Crippen molar-refractivity contribution in [2.75, 3.05) is 38.0 Å². The summed E-state index contributed by atoms with van der Waals surface area (Å²) in [6, 6.07) is 13.3. The summed E-state index contributed by atoms with van der Waals surface area (Å²) in [5.41, 5.74) is 2.23. The van der Waals surface area contributed by atoms with Crippen LogP contribution < -0.4 is 15.5 Å². The van der Waals surface area contributed by atoms with Crippen molar-refractivity contribution >= 4 is 29.2 Å². The lowest BCUT2D eigenvalue weighted by molar-refractivity contribution is -0.119. The van der Waals surface area contributed by atoms with E-state index in [1.165, 1.54) is 0 Å². The van der Waals surface area contributed by atoms with Gasteiger partial charge in [0, 0.05) is 38.1 Å². The summed E-state index contributed by atoms with van der Waals surface area (Å²) in [5.74, 6) is -1.25. The quantitative estimate of drug-likeness (QED) is 0.773. The molecule has 2 amide bonds. The fraction of sp³-hybridized carbons (Fsp3) is 0.211. The maximum absolute atomic E-state index is 12.1. The molecule has 0 saturated heterocycles. The van der Waals surface area contributed by atoms with E-state index < -0.39 is 18.5 Å². The number of nitrogens with zero attached hydrogens (tertiary/aromatic N) is 1. The van der Waals surface area contributed by atoms with Crippen molar-refractivity contribution in [1.82, 2.24) is 5.32 Å². The Labute approximate surface area is 152 Å². The predicted molar refractivity (Wildman–Crippen MR) is 99.5 cm³/mol. The molecule has 0 spiro atoms. The molecule has 0 atom stereocenters. The Kier molecular flexibility index (Phi) is 6.32. The topological polar surface area (TPSA) is 87.7 Å². The van der Waals surface area contributed by atoms with Crippen molar-refractivity contribution in [2.45, 2.75) is 0 Å². The average molecular weight is 355 g/mol. The van der Waals surface area contributed by atoms with E-state index in [1.807, 2.05) is 25.1 Å². The number of rotatable bonds is 6. The number of anilines is 2. The largest absolute Gasteiger partial charge is 0.452 e. The van der Waals surface area contributed by atoms with Gasteiger partial charge in [0.25, 0.3) is 11.8 Å². The van der Waals surface area contributed by atoms with Gasteiger partial charge < -0.3 is 20.3 Å². The first-order valence-corrected chi connectivity index (χ1v) is 7.97. The van der Waals surface area contributed by atoms with Gasteiger partial charge in [-0.1, -0.05) is 6.07 Å². The summed E-state index contributed by atoms with van der Waals surface area (Å²) in [7, 11) is 5.28. The van der Waals surface area contributed by atoms with E-state index in [2.05, 4.69) is 10.6 Å². The van der Waals surface area contributed by atoms with Crippen LogP contribution in [0.4, 0.5) is 11.4 Å². The first-order chi connectivity index (χ1) is 12.4. The van der Waals surface area contributed by atoms with Crippen molar-refractivity contribution in [3.05, 3.63) is 59.7 Å². The number of hydrogen-bond acceptors (Lipinski definition) is 5. The van der Waals surface area contributed by atoms with Crippen LogP contribution in [0.2, 0.25) is 0 Å². The Morgan fingerprint density at radius 1 is 1.00 bits per heavy atom. The minimum absolute atomic E-state index is 0.211. The van der Waals surface area contributed by atoms with E-state index in [-0.39, 0.29) is 5.91 Å². The first-order valence-electron chi connectivity index (χ1n) is 7.97. The smallest absolute Gasteiger partial charge is 0.338 e. The number of benzene rings is 2. The van der Waals surface area contributed by atoms with E-state index in [9.17, 15) is 14.4 Å². The molecule has 7 nitrogen and oxygen atoms in total. The summed E-state index contributed by atoms with van der Waals surface area (Å²) in [6.07, 6.45) is 0. The first kappa shape index (κ1) is 19.0. The normalized spacial score (nSPS) is 9.96. The lowest BCUT2D eigenvalue weighted by Gasteiger charge is -2.13. The third-order valence-electron chi connectivity index (χ3n) is 3.59. The maximum atomic E-state index is 12.1. The van der Waals surface area contributed by atoms with Crippen LogP contribution in [0.15, 0.2) is 48.5 Å². The molecular formula is C19H21N3O4. The number of carbonyl (C=O) groups is 3. The zero-order chi connectivity index (χ0) is 19.1. The van der Waals surface area contributed by atoms with Gasteiger partial charge in [0.2, 0.25) is 0 Å². The zero-order valence-electron chi connectivity index (χ0n) is 14.9. The maximum Gasteiger partial charge on any atom is 0.338 e. The second kappa shape index (κ2) is 8.66. The van der Waals surface area contributed by atoms with Gasteiger partial charge in [0.15, 0.2) is 6.61 Å². The molecule has 136 valence electrons. The molecular weight excluding hydrogens is 334 g/mol. The van der Waals surface area contributed by atoms with E-state index in [0.717, 1.165) is 5.69 Å². The molecule has 0 fully saturated rings. The molecule has 0 aromatic heterocycles. The van der Waals surface area contributed by atoms with Crippen LogP contribution in [0.1, 0.15) is 20.7 Å². The van der Waals surface area contributed by atoms with Crippen LogP contribution in [0.25, 0.3) is 0 Å². The Hall–Kier alpha value is -3.35. The molecule has 7 heteroatoms. The van der Waals surface area contributed by atoms with Gasteiger partial charge in [-0.2, -0.15) is 0 Å². The standard InChI is InChI=1S/C19H21N3O4/c1-20-18(24)13-7-9-15(10-8-13)21-17(23)12-26-19(25)14-5-4-6-16(11-14)22(2)3/h4-11H,12H2,1-3H3,(H,20,24)(H,21,23). The molecule has 0 unspecified atom stereocenters. The summed E-state index contributed by atoms with van der Waals surface area (Å²) < 4.78 is 5.04. The van der Waals surface area contributed by atoms with Crippen molar-refractivity contribution < 1.29 is 19.1 Å². The Morgan fingerprint density at radius 3 is 2.31 bits per heavy atom. The number of ether oxygens (including phenoxy) is 1. The van der Waals surface area contributed by atoms with Crippen molar-refractivity contribution in [3.8, 4) is 0 Å². The van der Waals surface area contributed by atoms with Crippen LogP contribution in [-0.2, 0) is 9.53 Å². The van der Waals surface area contributed by atoms with Crippen LogP contribution in [0.3, 0.4) is 0 Å². The Bertz CT molecular complexity index is 801. The number of amides is 2. The molecule has 0 bridgehead atoms. The lowest BCUT2D eigenvalue weighted by Crippen LogP contribution is -2.21. The molecule has 2 N–H and O–H groups in total. The van der Waals surface area contributed by atoms with E-state index >= 15 is 0 Å². The lowest BCUT2D eigenvalue weighted by atomic mass is 10.2. The summed E-state index contributed by atoms with van der Waals surface area (Å²) >= 11 is 0. The van der Waals surface area contributed by atoms with Crippen molar-refractivity contribution in [2.24, 2.45) is 0 Å². The molecule has 0 aliphatic carbocycles. The number of hydrogen-bond donors (Lipinski definition) is 2. The molecule has 2 rings (SSSR count). The van der Waals surface area contributed by atoms with Crippen LogP contribution in [0.5, 0.6) is 0 Å². The summed E-state index contributed by atoms with van der Waals surface area (Å²) in [5, 5.41) is 5.12. The monoisotopic (exact) mass is 355 g/mol. The molecule has 0 aliphatic rings. The molecule has 2 aromatic carbocycles. The number of nitrogens with one attached hydrogen (secondary N) is 2. The van der Waals surface area contributed by atoms with Gasteiger partial charge in [-0.25, -0.2) is 4.79 Å². The number of carbonyl (C=O) groups excluding carboxylic acids is 3. The van der Waals surface area contributed by atoms with Gasteiger partial charge in [-0.3, -0.25) is 9.59 Å². The van der Waals surface area contributed by atoms with Crippen LogP contribution >= 0.6 is 0 Å². The molecule has 0 radical (unpaired) electrons. The third-order valence-corrected chi connectivity index (χ3v) is 3.59. The predicted octanol–water partition coefficient (Wildman–Crippen LogP) is 1.91. The zero-order valence-corrected chi connectivity index (χ0v) is 14.9. The molecule has 0 aliphatic heterocycles. The fourth-order valence-electron chi connectivity index (χ4n) is 2.17. The third kappa shape index (κ3) is 5.07. The second-order valence-electron chi connectivity index (χ2n) is 5.73. The average Bonchev–Trinajstić information content (AvgIpc) is 2.66. The van der Waals surface area contributed by atoms with E-state index in [4.69, 9.17) is 4.74 Å². The van der Waals surface area contributed by atoms with Crippen molar-refractivity contribution in [1.29, 1.82) is 0 Å². The molecule has 26 heavy (non-hydrogen) atoms. The highest BCUT2D eigenvalue weighted by Gasteiger charge is 2.12. The second-order valence-corrected chi connectivity index (χ2v) is 5.73. The SMILES string of the molecule is CNC(=O)c1ccc(NC(=O)COC(=O)c2cccc(N(C)C)c2)cc1. The van der Waals surface area contributed by atoms with Gasteiger partial charge in [0.05, 0.1) is 5.56 Å². The van der Waals surface area contributed by atoms with E-state index in [1.54, 1.807) is 49.5 Å². The van der Waals surface area contributed by atoms with Gasteiger partial charge in [-0.05, 0) is 42.5 Å². The summed E-state index contributed by atoms with van der Waals surface area (Å²) in [6.45, 7) is -0.401. The minimum Gasteiger partial charge on any atom is -0.452 e. The Balaban J connectivity index is 1.89. The summed E-state index contributed by atoms with van der Waals surface area (Å²) in [4.78, 5) is 37.3. The highest BCUT2D eigenvalue weighted by Crippen LogP contribution is 2.14. The fourth-order valence-corrected chi connectivity index (χ4v) is 2.17. The van der Waals surface area contributed by atoms with Crippen LogP contribution in [0, 0.1) is 0 Å². The van der Waals surface area contributed by atoms with Gasteiger partial charge in [0.1, 0.15) is 0 Å². The molecule has 0 heterocycles. The Morgan fingerprint density at radius 2 is 1.69 bits per heavy atom. The molecule has 2 aromatic rings. The van der Waals surface area contributed by atoms with Gasteiger partial charge in [-0.15, -0.1) is 0 Å². The van der Waals surface area contributed by atoms with Gasteiger partial charge >= 0.3 is 5.97 Å².